The second-order valence-electron chi connectivity index (χ2n) is 5.40. The van der Waals surface area contributed by atoms with Crippen molar-refractivity contribution in [3.63, 3.8) is 0 Å². The van der Waals surface area contributed by atoms with Gasteiger partial charge >= 0.3 is 0 Å². The Bertz CT molecular complexity index is 381. The predicted molar refractivity (Wildman–Crippen MR) is 88.6 cm³/mol. The van der Waals surface area contributed by atoms with Crippen molar-refractivity contribution in [2.75, 3.05) is 6.54 Å². The van der Waals surface area contributed by atoms with Crippen molar-refractivity contribution in [3.05, 3.63) is 34.1 Å². The lowest BCUT2D eigenvalue weighted by Gasteiger charge is -2.18. The van der Waals surface area contributed by atoms with Gasteiger partial charge in [0.2, 0.25) is 0 Å². The van der Waals surface area contributed by atoms with E-state index in [-0.39, 0.29) is 5.82 Å². The highest BCUT2D eigenvalue weighted by molar-refractivity contribution is 9.10. The SMILES string of the molecule is CCCCCCCC(Cc1cc(Br)ccc1F)NCC. The summed E-state index contributed by atoms with van der Waals surface area (Å²) in [6.07, 6.45) is 8.34. The summed E-state index contributed by atoms with van der Waals surface area (Å²) in [5.74, 6) is -0.0953. The smallest absolute Gasteiger partial charge is 0.126 e. The molecule has 0 radical (unpaired) electrons. The molecule has 0 spiro atoms. The van der Waals surface area contributed by atoms with Crippen molar-refractivity contribution in [2.24, 2.45) is 0 Å². The molecule has 0 saturated heterocycles. The number of nitrogens with one attached hydrogen (secondary N) is 1. The number of hydrogen-bond donors (Lipinski definition) is 1. The largest absolute Gasteiger partial charge is 0.314 e. The molecule has 0 aliphatic rings. The van der Waals surface area contributed by atoms with E-state index in [0.29, 0.717) is 6.04 Å². The zero-order chi connectivity index (χ0) is 14.8. The summed E-state index contributed by atoms with van der Waals surface area (Å²) in [5, 5.41) is 3.49. The van der Waals surface area contributed by atoms with Crippen LogP contribution in [0.15, 0.2) is 22.7 Å². The Morgan fingerprint density at radius 2 is 1.90 bits per heavy atom. The Balaban J connectivity index is 2.47. The van der Waals surface area contributed by atoms with Gasteiger partial charge in [0.15, 0.2) is 0 Å². The normalized spacial score (nSPS) is 12.6. The molecule has 114 valence electrons. The molecule has 1 rings (SSSR count). The molecule has 1 N–H and O–H groups in total. The van der Waals surface area contributed by atoms with Crippen LogP contribution in [0.2, 0.25) is 0 Å². The van der Waals surface area contributed by atoms with Gasteiger partial charge in [-0.15, -0.1) is 0 Å². The number of benzene rings is 1. The Kier molecular flexibility index (Phi) is 9.12. The molecule has 0 aromatic heterocycles. The minimum Gasteiger partial charge on any atom is -0.314 e. The fourth-order valence-corrected chi connectivity index (χ4v) is 2.93. The van der Waals surface area contributed by atoms with Crippen LogP contribution in [-0.2, 0) is 6.42 Å². The first-order valence-corrected chi connectivity index (χ1v) is 8.64. The van der Waals surface area contributed by atoms with Gasteiger partial charge in [0, 0.05) is 10.5 Å². The molecule has 1 aromatic rings. The predicted octanol–water partition coefficient (Wildman–Crippen LogP) is 5.47. The van der Waals surface area contributed by atoms with Crippen LogP contribution in [-0.4, -0.2) is 12.6 Å². The Labute approximate surface area is 131 Å². The van der Waals surface area contributed by atoms with E-state index in [1.54, 1.807) is 12.1 Å². The van der Waals surface area contributed by atoms with Crippen molar-refractivity contribution in [3.8, 4) is 0 Å². The third-order valence-electron chi connectivity index (χ3n) is 3.62. The maximum absolute atomic E-state index is 13.8. The molecule has 1 nitrogen and oxygen atoms in total. The number of likely N-dealkylation sites (N-methyl/N-ethyl adjacent to an activating group) is 1. The van der Waals surface area contributed by atoms with E-state index < -0.39 is 0 Å². The van der Waals surface area contributed by atoms with E-state index in [1.807, 2.05) is 6.07 Å². The third-order valence-corrected chi connectivity index (χ3v) is 4.12. The fraction of sp³-hybridized carbons (Fsp3) is 0.647. The van der Waals surface area contributed by atoms with Crippen LogP contribution < -0.4 is 5.32 Å². The van der Waals surface area contributed by atoms with Gasteiger partial charge in [0.1, 0.15) is 5.82 Å². The van der Waals surface area contributed by atoms with Crippen LogP contribution in [0.25, 0.3) is 0 Å². The van der Waals surface area contributed by atoms with Gasteiger partial charge in [0.25, 0.3) is 0 Å². The van der Waals surface area contributed by atoms with E-state index in [9.17, 15) is 4.39 Å². The number of hydrogen-bond acceptors (Lipinski definition) is 1. The lowest BCUT2D eigenvalue weighted by Crippen LogP contribution is -2.31. The number of rotatable bonds is 10. The highest BCUT2D eigenvalue weighted by Crippen LogP contribution is 2.18. The maximum atomic E-state index is 13.8. The van der Waals surface area contributed by atoms with Gasteiger partial charge in [-0.2, -0.15) is 0 Å². The van der Waals surface area contributed by atoms with Gasteiger partial charge < -0.3 is 5.32 Å². The van der Waals surface area contributed by atoms with Crippen LogP contribution in [0, 0.1) is 5.82 Å². The third kappa shape index (κ3) is 6.85. The topological polar surface area (TPSA) is 12.0 Å². The lowest BCUT2D eigenvalue weighted by molar-refractivity contribution is 0.453. The molecule has 3 heteroatoms. The van der Waals surface area contributed by atoms with Gasteiger partial charge in [-0.1, -0.05) is 61.9 Å². The average Bonchev–Trinajstić information content (AvgIpc) is 2.42. The minimum absolute atomic E-state index is 0.0953. The zero-order valence-corrected chi connectivity index (χ0v) is 14.3. The van der Waals surface area contributed by atoms with Crippen molar-refractivity contribution in [2.45, 2.75) is 64.8 Å². The van der Waals surface area contributed by atoms with Gasteiger partial charge in [0.05, 0.1) is 0 Å². The Morgan fingerprint density at radius 3 is 2.60 bits per heavy atom. The molecule has 1 unspecified atom stereocenters. The van der Waals surface area contributed by atoms with Crippen LogP contribution in [0.5, 0.6) is 0 Å². The molecular formula is C17H27BrFN. The standard InChI is InChI=1S/C17H27BrFN/c1-3-5-6-7-8-9-16(20-4-2)13-14-12-15(18)10-11-17(14)19/h10-12,16,20H,3-9,13H2,1-2H3. The minimum atomic E-state index is -0.0953. The molecule has 1 atom stereocenters. The van der Waals surface area contributed by atoms with Crippen molar-refractivity contribution >= 4 is 15.9 Å². The summed E-state index contributed by atoms with van der Waals surface area (Å²) in [4.78, 5) is 0. The van der Waals surface area contributed by atoms with Crippen LogP contribution in [0.1, 0.15) is 57.9 Å². The monoisotopic (exact) mass is 343 g/mol. The van der Waals surface area contributed by atoms with Crippen molar-refractivity contribution < 1.29 is 4.39 Å². The first-order chi connectivity index (χ1) is 9.67. The molecule has 20 heavy (non-hydrogen) atoms. The van der Waals surface area contributed by atoms with Crippen LogP contribution >= 0.6 is 15.9 Å². The van der Waals surface area contributed by atoms with Crippen molar-refractivity contribution in [1.29, 1.82) is 0 Å². The first-order valence-electron chi connectivity index (χ1n) is 7.84. The molecular weight excluding hydrogens is 317 g/mol. The van der Waals surface area contributed by atoms with E-state index in [1.165, 1.54) is 32.1 Å². The van der Waals surface area contributed by atoms with Crippen molar-refractivity contribution in [1.82, 2.24) is 5.32 Å². The lowest BCUT2D eigenvalue weighted by atomic mass is 9.99. The molecule has 0 saturated carbocycles. The van der Waals surface area contributed by atoms with Gasteiger partial charge in [-0.05, 0) is 43.1 Å². The quantitative estimate of drug-likeness (QED) is 0.555. The second kappa shape index (κ2) is 10.3. The average molecular weight is 344 g/mol. The summed E-state index contributed by atoms with van der Waals surface area (Å²) in [6, 6.07) is 5.58. The van der Waals surface area contributed by atoms with Gasteiger partial charge in [-0.25, -0.2) is 4.39 Å². The molecule has 0 fully saturated rings. The van der Waals surface area contributed by atoms with E-state index in [4.69, 9.17) is 0 Å². The molecule has 0 bridgehead atoms. The Morgan fingerprint density at radius 1 is 1.15 bits per heavy atom. The molecule has 0 amide bonds. The summed E-state index contributed by atoms with van der Waals surface area (Å²) in [6.45, 7) is 5.29. The summed E-state index contributed by atoms with van der Waals surface area (Å²) >= 11 is 3.42. The molecule has 1 aromatic carbocycles. The Hall–Kier alpha value is -0.410. The molecule has 0 aliphatic heterocycles. The second-order valence-corrected chi connectivity index (χ2v) is 6.31. The maximum Gasteiger partial charge on any atom is 0.126 e. The number of halogens is 2. The molecule has 0 aliphatic carbocycles. The van der Waals surface area contributed by atoms with E-state index in [0.717, 1.165) is 29.4 Å². The fourth-order valence-electron chi connectivity index (χ4n) is 2.52. The van der Waals surface area contributed by atoms with E-state index >= 15 is 0 Å². The molecule has 0 heterocycles. The number of unbranched alkanes of at least 4 members (excludes halogenated alkanes) is 4. The summed E-state index contributed by atoms with van der Waals surface area (Å²) < 4.78 is 14.8. The van der Waals surface area contributed by atoms with Crippen LogP contribution in [0.4, 0.5) is 4.39 Å². The summed E-state index contributed by atoms with van der Waals surface area (Å²) in [5.41, 5.74) is 0.805. The van der Waals surface area contributed by atoms with E-state index in [2.05, 4.69) is 35.1 Å². The summed E-state index contributed by atoms with van der Waals surface area (Å²) in [7, 11) is 0. The van der Waals surface area contributed by atoms with Gasteiger partial charge in [-0.3, -0.25) is 0 Å². The van der Waals surface area contributed by atoms with Crippen LogP contribution in [0.3, 0.4) is 0 Å². The highest BCUT2D eigenvalue weighted by Gasteiger charge is 2.11. The zero-order valence-electron chi connectivity index (χ0n) is 12.7. The first kappa shape index (κ1) is 17.6. The highest BCUT2D eigenvalue weighted by atomic mass is 79.9.